The third-order valence-electron chi connectivity index (χ3n) is 4.42. The van der Waals surface area contributed by atoms with Gasteiger partial charge >= 0.3 is 0 Å². The molecule has 5 nitrogen and oxygen atoms in total. The summed E-state index contributed by atoms with van der Waals surface area (Å²) in [4.78, 5) is 2.33. The van der Waals surface area contributed by atoms with Gasteiger partial charge in [-0.1, -0.05) is 6.58 Å². The predicted octanol–water partition coefficient (Wildman–Crippen LogP) is 2.45. The van der Waals surface area contributed by atoms with Crippen LogP contribution in [0.4, 0.5) is 0 Å². The van der Waals surface area contributed by atoms with E-state index in [1.54, 1.807) is 7.11 Å². The fourth-order valence-corrected chi connectivity index (χ4v) is 3.07. The molecule has 5 heteroatoms. The molecule has 1 aliphatic heterocycles. The van der Waals surface area contributed by atoms with Crippen molar-refractivity contribution in [1.82, 2.24) is 20.0 Å². The summed E-state index contributed by atoms with van der Waals surface area (Å²) in [6.07, 6.45) is 3.04. The van der Waals surface area contributed by atoms with Gasteiger partial charge < -0.3 is 15.0 Å². The zero-order valence-corrected chi connectivity index (χ0v) is 14.0. The first-order chi connectivity index (χ1) is 11.1. The first-order valence-electron chi connectivity index (χ1n) is 7.92. The van der Waals surface area contributed by atoms with Gasteiger partial charge in [0.2, 0.25) is 0 Å². The number of rotatable bonds is 5. The van der Waals surface area contributed by atoms with Crippen molar-refractivity contribution in [3.8, 4) is 11.4 Å². The second kappa shape index (κ2) is 6.46. The maximum atomic E-state index is 5.20. The molecule has 1 aliphatic rings. The van der Waals surface area contributed by atoms with Crippen LogP contribution in [0.15, 0.2) is 37.0 Å². The summed E-state index contributed by atoms with van der Waals surface area (Å²) in [5.74, 6) is 0.843. The van der Waals surface area contributed by atoms with Crippen LogP contribution in [-0.2, 0) is 0 Å². The van der Waals surface area contributed by atoms with Crippen molar-refractivity contribution in [3.63, 3.8) is 0 Å². The van der Waals surface area contributed by atoms with Crippen molar-refractivity contribution in [2.24, 2.45) is 0 Å². The lowest BCUT2D eigenvalue weighted by atomic mass is 10.1. The predicted molar refractivity (Wildman–Crippen MR) is 92.9 cm³/mol. The van der Waals surface area contributed by atoms with Gasteiger partial charge in [-0.05, 0) is 51.2 Å². The molecule has 1 N–H and O–H groups in total. The Morgan fingerprint density at radius 1 is 1.35 bits per heavy atom. The molecular formula is C18H24N4O. The normalized spacial score (nSPS) is 18.1. The number of hydrogen-bond donors (Lipinski definition) is 1. The standard InChI is InChI=1S/C18H24N4O/c1-13(20-15-9-10-21(3)12-15)18-11-19-22(14(18)2)16-5-7-17(23-4)8-6-16/h5-8,11,15,20H,1,9-10,12H2,2-4H3/t15-/m1/s1. The van der Waals surface area contributed by atoms with Crippen LogP contribution >= 0.6 is 0 Å². The zero-order valence-electron chi connectivity index (χ0n) is 14.0. The SMILES string of the molecule is C=C(N[C@@H]1CCN(C)C1)c1cnn(-c2ccc(OC)cc2)c1C. The zero-order chi connectivity index (χ0) is 16.4. The van der Waals surface area contributed by atoms with Gasteiger partial charge in [0.15, 0.2) is 0 Å². The lowest BCUT2D eigenvalue weighted by molar-refractivity contribution is 0.406. The van der Waals surface area contributed by atoms with Gasteiger partial charge in [0, 0.05) is 23.8 Å². The highest BCUT2D eigenvalue weighted by atomic mass is 16.5. The molecule has 0 bridgehead atoms. The second-order valence-corrected chi connectivity index (χ2v) is 6.12. The largest absolute Gasteiger partial charge is 0.497 e. The number of aromatic nitrogens is 2. The van der Waals surface area contributed by atoms with Crippen molar-refractivity contribution < 1.29 is 4.74 Å². The number of nitrogens with one attached hydrogen (secondary N) is 1. The molecule has 0 amide bonds. The maximum absolute atomic E-state index is 5.20. The Labute approximate surface area is 137 Å². The van der Waals surface area contributed by atoms with Crippen molar-refractivity contribution in [3.05, 3.63) is 48.3 Å². The molecule has 0 aliphatic carbocycles. The van der Waals surface area contributed by atoms with Crippen molar-refractivity contribution in [2.45, 2.75) is 19.4 Å². The van der Waals surface area contributed by atoms with Gasteiger partial charge in [-0.15, -0.1) is 0 Å². The summed E-state index contributed by atoms with van der Waals surface area (Å²) in [5, 5.41) is 8.06. The van der Waals surface area contributed by atoms with Crippen LogP contribution in [0.5, 0.6) is 5.75 Å². The first-order valence-corrected chi connectivity index (χ1v) is 7.92. The van der Waals surface area contributed by atoms with Gasteiger partial charge in [0.25, 0.3) is 0 Å². The Morgan fingerprint density at radius 2 is 2.09 bits per heavy atom. The van der Waals surface area contributed by atoms with Crippen LogP contribution in [0.2, 0.25) is 0 Å². The van der Waals surface area contributed by atoms with E-state index in [1.165, 1.54) is 0 Å². The van der Waals surface area contributed by atoms with E-state index in [-0.39, 0.29) is 0 Å². The monoisotopic (exact) mass is 312 g/mol. The number of hydrogen-bond acceptors (Lipinski definition) is 4. The number of nitrogens with zero attached hydrogens (tertiary/aromatic N) is 3. The third kappa shape index (κ3) is 3.24. The van der Waals surface area contributed by atoms with E-state index < -0.39 is 0 Å². The highest BCUT2D eigenvalue weighted by molar-refractivity contribution is 5.64. The van der Waals surface area contributed by atoms with E-state index in [0.29, 0.717) is 6.04 Å². The van der Waals surface area contributed by atoms with E-state index in [9.17, 15) is 0 Å². The molecule has 1 fully saturated rings. The minimum absolute atomic E-state index is 0.469. The van der Waals surface area contributed by atoms with Gasteiger partial charge in [-0.3, -0.25) is 0 Å². The minimum atomic E-state index is 0.469. The number of likely N-dealkylation sites (N-methyl/N-ethyl adjacent to an activating group) is 1. The maximum Gasteiger partial charge on any atom is 0.119 e. The molecule has 2 aromatic rings. The fourth-order valence-electron chi connectivity index (χ4n) is 3.07. The van der Waals surface area contributed by atoms with Gasteiger partial charge in [0.05, 0.1) is 24.7 Å². The van der Waals surface area contributed by atoms with Crippen LogP contribution in [-0.4, -0.2) is 48.0 Å². The molecule has 2 heterocycles. The Kier molecular flexibility index (Phi) is 4.39. The van der Waals surface area contributed by atoms with Gasteiger partial charge in [-0.25, -0.2) is 4.68 Å². The Morgan fingerprint density at radius 3 is 2.70 bits per heavy atom. The molecular weight excluding hydrogens is 288 g/mol. The molecule has 0 unspecified atom stereocenters. The lowest BCUT2D eigenvalue weighted by Crippen LogP contribution is -2.30. The quantitative estimate of drug-likeness (QED) is 0.921. The van der Waals surface area contributed by atoms with E-state index >= 15 is 0 Å². The Bertz CT molecular complexity index is 690. The van der Waals surface area contributed by atoms with Gasteiger partial charge in [-0.2, -0.15) is 5.10 Å². The van der Waals surface area contributed by atoms with Gasteiger partial charge in [0.1, 0.15) is 5.75 Å². The second-order valence-electron chi connectivity index (χ2n) is 6.12. The van der Waals surface area contributed by atoms with E-state index in [1.807, 2.05) is 35.1 Å². The topological polar surface area (TPSA) is 42.3 Å². The molecule has 23 heavy (non-hydrogen) atoms. The van der Waals surface area contributed by atoms with Crippen LogP contribution in [0.3, 0.4) is 0 Å². The smallest absolute Gasteiger partial charge is 0.119 e. The molecule has 1 atom stereocenters. The summed E-state index contributed by atoms with van der Waals surface area (Å²) in [6.45, 7) is 8.47. The summed E-state index contributed by atoms with van der Waals surface area (Å²) in [6, 6.07) is 8.36. The number of methoxy groups -OCH3 is 1. The Balaban J connectivity index is 1.76. The average Bonchev–Trinajstić information content (AvgIpc) is 3.13. The summed E-state index contributed by atoms with van der Waals surface area (Å²) >= 11 is 0. The van der Waals surface area contributed by atoms with Crippen LogP contribution in [0.1, 0.15) is 17.7 Å². The first kappa shape index (κ1) is 15.6. The highest BCUT2D eigenvalue weighted by Crippen LogP contribution is 2.21. The number of likely N-dealkylation sites (tertiary alicyclic amines) is 1. The van der Waals surface area contributed by atoms with Crippen molar-refractivity contribution in [1.29, 1.82) is 0 Å². The summed E-state index contributed by atoms with van der Waals surface area (Å²) in [7, 11) is 3.82. The number of benzene rings is 1. The highest BCUT2D eigenvalue weighted by Gasteiger charge is 2.21. The molecule has 3 rings (SSSR count). The Hall–Kier alpha value is -2.27. The van der Waals surface area contributed by atoms with Crippen LogP contribution < -0.4 is 10.1 Å². The number of ether oxygens (including phenoxy) is 1. The van der Waals surface area contributed by atoms with Crippen LogP contribution in [0.25, 0.3) is 11.4 Å². The van der Waals surface area contributed by atoms with E-state index in [0.717, 1.165) is 47.9 Å². The molecule has 0 radical (unpaired) electrons. The minimum Gasteiger partial charge on any atom is -0.497 e. The molecule has 0 spiro atoms. The molecule has 0 saturated carbocycles. The molecule has 1 aromatic heterocycles. The molecule has 1 saturated heterocycles. The third-order valence-corrected chi connectivity index (χ3v) is 4.42. The summed E-state index contributed by atoms with van der Waals surface area (Å²) in [5.41, 5.74) is 4.11. The van der Waals surface area contributed by atoms with Crippen LogP contribution in [0, 0.1) is 6.92 Å². The van der Waals surface area contributed by atoms with Crippen molar-refractivity contribution in [2.75, 3.05) is 27.2 Å². The average molecular weight is 312 g/mol. The molecule has 122 valence electrons. The lowest BCUT2D eigenvalue weighted by Gasteiger charge is -2.16. The van der Waals surface area contributed by atoms with E-state index in [4.69, 9.17) is 4.74 Å². The van der Waals surface area contributed by atoms with Crippen molar-refractivity contribution >= 4 is 5.70 Å². The van der Waals surface area contributed by atoms with E-state index in [2.05, 4.69) is 35.9 Å². The fraction of sp³-hybridized carbons (Fsp3) is 0.389. The summed E-state index contributed by atoms with van der Waals surface area (Å²) < 4.78 is 7.14. The molecule has 1 aromatic carbocycles.